The van der Waals surface area contributed by atoms with Gasteiger partial charge in [0.15, 0.2) is 11.5 Å². The maximum Gasteiger partial charge on any atom is 0.255 e. The third-order valence-corrected chi connectivity index (χ3v) is 6.78. The molecule has 3 heterocycles. The molecule has 8 heteroatoms. The molecule has 188 valence electrons. The van der Waals surface area contributed by atoms with Crippen LogP contribution in [0.5, 0.6) is 17.2 Å². The number of halogens is 1. The first-order valence-corrected chi connectivity index (χ1v) is 12.4. The minimum atomic E-state index is -1.07. The predicted octanol–water partition coefficient (Wildman–Crippen LogP) is 5.83. The third-order valence-electron chi connectivity index (χ3n) is 6.45. The van der Waals surface area contributed by atoms with E-state index in [2.05, 4.69) is 6.92 Å². The molecular weight excluding hydrogens is 482 g/mol. The van der Waals surface area contributed by atoms with E-state index in [0.29, 0.717) is 34.6 Å². The third kappa shape index (κ3) is 4.63. The fraction of sp³-hybridized carbons (Fsp3) is 0.321. The molecule has 0 spiro atoms. The van der Waals surface area contributed by atoms with E-state index in [-0.39, 0.29) is 25.6 Å². The molecule has 2 aliphatic rings. The van der Waals surface area contributed by atoms with Gasteiger partial charge in [0.2, 0.25) is 13.6 Å². The number of rotatable bonds is 10. The molecule has 0 bridgehead atoms. The number of unbranched alkanes of at least 4 members (excludes halogenated alkanes) is 2. The lowest BCUT2D eigenvalue weighted by Crippen LogP contribution is -2.43. The number of hydrogen-bond donors (Lipinski definition) is 0. The summed E-state index contributed by atoms with van der Waals surface area (Å²) in [6, 6.07) is 16.5. The van der Waals surface area contributed by atoms with Crippen LogP contribution in [0.2, 0.25) is 5.02 Å². The molecule has 7 nitrogen and oxygen atoms in total. The highest BCUT2D eigenvalue weighted by atomic mass is 35.5. The van der Waals surface area contributed by atoms with Crippen molar-refractivity contribution in [3.8, 4) is 17.2 Å². The van der Waals surface area contributed by atoms with Crippen molar-refractivity contribution in [1.29, 1.82) is 0 Å². The Hall–Kier alpha value is -3.58. The number of nitrogens with zero attached hydrogens (tertiary/aromatic N) is 1. The second kappa shape index (κ2) is 10.6. The van der Waals surface area contributed by atoms with E-state index < -0.39 is 5.54 Å². The Bertz CT molecular complexity index is 1320. The van der Waals surface area contributed by atoms with Crippen molar-refractivity contribution in [2.45, 2.75) is 38.1 Å². The molecule has 1 atom stereocenters. The summed E-state index contributed by atoms with van der Waals surface area (Å²) in [4.78, 5) is 13.7. The zero-order valence-corrected chi connectivity index (χ0v) is 20.8. The lowest BCUT2D eigenvalue weighted by atomic mass is 9.78. The summed E-state index contributed by atoms with van der Waals surface area (Å²) < 4.78 is 29.9. The summed E-state index contributed by atoms with van der Waals surface area (Å²) in [6.45, 7) is 2.96. The van der Waals surface area contributed by atoms with Crippen LogP contribution < -0.4 is 19.8 Å². The molecule has 0 amide bonds. The van der Waals surface area contributed by atoms with Gasteiger partial charge in [0.25, 0.3) is 5.56 Å². The van der Waals surface area contributed by atoms with Crippen LogP contribution in [-0.4, -0.2) is 24.8 Å². The van der Waals surface area contributed by atoms with Crippen LogP contribution in [0.25, 0.3) is 0 Å². The highest BCUT2D eigenvalue weighted by Gasteiger charge is 2.42. The smallest absolute Gasteiger partial charge is 0.255 e. The number of fused-ring (bicyclic) bond motifs is 1. The largest absolute Gasteiger partial charge is 0.493 e. The standard InChI is InChI=1S/C28H28ClNO6/c1-2-3-6-13-33-21-11-12-30(27(31)15-21)28(16-22-17-32-18-34-22,23-7-4-5-8-24(23)29)20-9-10-25-26(14-20)36-19-35-25/h4-5,7-12,14-15,17H,2-3,6,13,16,18-19H2,1H3. The predicted molar refractivity (Wildman–Crippen MR) is 136 cm³/mol. The van der Waals surface area contributed by atoms with Crippen molar-refractivity contribution in [2.75, 3.05) is 20.2 Å². The van der Waals surface area contributed by atoms with Crippen molar-refractivity contribution in [1.82, 2.24) is 4.57 Å². The number of benzene rings is 2. The Morgan fingerprint density at radius 1 is 1.00 bits per heavy atom. The van der Waals surface area contributed by atoms with Gasteiger partial charge in [-0.05, 0) is 36.2 Å². The molecule has 0 fully saturated rings. The zero-order chi connectivity index (χ0) is 25.0. The number of hydrogen-bond acceptors (Lipinski definition) is 6. The molecule has 2 aromatic carbocycles. The monoisotopic (exact) mass is 509 g/mol. The van der Waals surface area contributed by atoms with Crippen molar-refractivity contribution < 1.29 is 23.7 Å². The number of pyridine rings is 1. The van der Waals surface area contributed by atoms with Crippen molar-refractivity contribution in [3.63, 3.8) is 0 Å². The van der Waals surface area contributed by atoms with Crippen molar-refractivity contribution >= 4 is 11.6 Å². The van der Waals surface area contributed by atoms with Gasteiger partial charge in [-0.1, -0.05) is 55.6 Å². The molecule has 0 saturated heterocycles. The molecular formula is C28H28ClNO6. The van der Waals surface area contributed by atoms with E-state index in [1.54, 1.807) is 17.0 Å². The zero-order valence-electron chi connectivity index (χ0n) is 20.1. The summed E-state index contributed by atoms with van der Waals surface area (Å²) in [5, 5.41) is 0.515. The van der Waals surface area contributed by atoms with E-state index in [4.69, 9.17) is 35.3 Å². The maximum atomic E-state index is 13.7. The van der Waals surface area contributed by atoms with Gasteiger partial charge in [-0.3, -0.25) is 4.79 Å². The quantitative estimate of drug-likeness (QED) is 0.320. The van der Waals surface area contributed by atoms with Crippen LogP contribution in [0.1, 0.15) is 43.7 Å². The Kier molecular flexibility index (Phi) is 7.09. The topological polar surface area (TPSA) is 68.2 Å². The van der Waals surface area contributed by atoms with E-state index in [1.165, 1.54) is 6.07 Å². The maximum absolute atomic E-state index is 13.7. The summed E-state index contributed by atoms with van der Waals surface area (Å²) in [5.74, 6) is 2.38. The van der Waals surface area contributed by atoms with Gasteiger partial charge in [-0.25, -0.2) is 0 Å². The Morgan fingerprint density at radius 2 is 1.86 bits per heavy atom. The van der Waals surface area contributed by atoms with Crippen LogP contribution in [0.15, 0.2) is 77.6 Å². The van der Waals surface area contributed by atoms with E-state index in [9.17, 15) is 4.79 Å². The first-order valence-electron chi connectivity index (χ1n) is 12.1. The van der Waals surface area contributed by atoms with Gasteiger partial charge in [0, 0.05) is 29.3 Å². The number of aromatic nitrogens is 1. The van der Waals surface area contributed by atoms with Gasteiger partial charge in [0.05, 0.1) is 6.61 Å². The average molecular weight is 510 g/mol. The molecule has 3 aromatic rings. The summed E-state index contributed by atoms with van der Waals surface area (Å²) in [6.07, 6.45) is 6.73. The minimum Gasteiger partial charge on any atom is -0.493 e. The first kappa shape index (κ1) is 24.1. The van der Waals surface area contributed by atoms with Gasteiger partial charge >= 0.3 is 0 Å². The Labute approximate surface area is 214 Å². The second-order valence-electron chi connectivity index (χ2n) is 8.72. The molecule has 0 aliphatic carbocycles. The highest BCUT2D eigenvalue weighted by Crippen LogP contribution is 2.46. The normalized spacial score (nSPS) is 15.6. The summed E-state index contributed by atoms with van der Waals surface area (Å²) in [7, 11) is 0. The fourth-order valence-electron chi connectivity index (χ4n) is 4.68. The van der Waals surface area contributed by atoms with Crippen LogP contribution in [0.3, 0.4) is 0 Å². The lowest BCUT2D eigenvalue weighted by Gasteiger charge is -2.37. The van der Waals surface area contributed by atoms with Crippen LogP contribution in [0, 0.1) is 0 Å². The average Bonchev–Trinajstić information content (AvgIpc) is 3.57. The van der Waals surface area contributed by atoms with Crippen LogP contribution >= 0.6 is 11.6 Å². The number of allylic oxidation sites excluding steroid dienone is 1. The molecule has 1 unspecified atom stereocenters. The molecule has 0 radical (unpaired) electrons. The summed E-state index contributed by atoms with van der Waals surface area (Å²) in [5.41, 5.74) is 0.215. The first-order chi connectivity index (χ1) is 17.6. The Morgan fingerprint density at radius 3 is 2.64 bits per heavy atom. The van der Waals surface area contributed by atoms with Crippen molar-refractivity contribution in [2.24, 2.45) is 0 Å². The lowest BCUT2D eigenvalue weighted by molar-refractivity contribution is 0.0742. The van der Waals surface area contributed by atoms with Gasteiger partial charge in [-0.2, -0.15) is 0 Å². The molecule has 5 rings (SSSR count). The molecule has 0 N–H and O–H groups in total. The van der Waals surface area contributed by atoms with Gasteiger partial charge in [0.1, 0.15) is 23.3 Å². The molecule has 1 aromatic heterocycles. The highest BCUT2D eigenvalue weighted by molar-refractivity contribution is 6.31. The van der Waals surface area contributed by atoms with Crippen molar-refractivity contribution in [3.05, 3.63) is 99.3 Å². The molecule has 36 heavy (non-hydrogen) atoms. The van der Waals surface area contributed by atoms with Crippen LogP contribution in [0.4, 0.5) is 0 Å². The number of ether oxygens (including phenoxy) is 5. The van der Waals surface area contributed by atoms with E-state index in [1.807, 2.05) is 48.5 Å². The Balaban J connectivity index is 1.68. The fourth-order valence-corrected chi connectivity index (χ4v) is 4.97. The summed E-state index contributed by atoms with van der Waals surface area (Å²) >= 11 is 6.81. The van der Waals surface area contributed by atoms with Gasteiger partial charge < -0.3 is 28.3 Å². The SMILES string of the molecule is CCCCCOc1ccn(C(CC2=COCO2)(c2ccc3c(c2)OCO3)c2ccccc2Cl)c(=O)c1. The molecule has 0 saturated carbocycles. The minimum absolute atomic E-state index is 0.120. The second-order valence-corrected chi connectivity index (χ2v) is 9.13. The van der Waals surface area contributed by atoms with E-state index in [0.717, 1.165) is 30.4 Å². The van der Waals surface area contributed by atoms with E-state index >= 15 is 0 Å². The van der Waals surface area contributed by atoms with Gasteiger partial charge in [-0.15, -0.1) is 0 Å². The van der Waals surface area contributed by atoms with Crippen LogP contribution in [-0.2, 0) is 15.0 Å². The molecule has 2 aliphatic heterocycles.